The van der Waals surface area contributed by atoms with Gasteiger partial charge >= 0.3 is 6.03 Å². The van der Waals surface area contributed by atoms with Gasteiger partial charge in [-0.15, -0.1) is 11.3 Å². The van der Waals surface area contributed by atoms with Crippen molar-refractivity contribution in [1.29, 1.82) is 0 Å². The Morgan fingerprint density at radius 3 is 2.91 bits per heavy atom. The molecule has 1 saturated heterocycles. The van der Waals surface area contributed by atoms with Gasteiger partial charge in [0, 0.05) is 30.4 Å². The summed E-state index contributed by atoms with van der Waals surface area (Å²) in [4.78, 5) is 19.1. The quantitative estimate of drug-likeness (QED) is 0.845. The van der Waals surface area contributed by atoms with E-state index in [4.69, 9.17) is 0 Å². The van der Waals surface area contributed by atoms with E-state index < -0.39 is 0 Å². The highest BCUT2D eigenvalue weighted by atomic mass is 32.1. The van der Waals surface area contributed by atoms with Gasteiger partial charge in [-0.2, -0.15) is 0 Å². The Kier molecular flexibility index (Phi) is 4.05. The SMILES string of the molecule is O=C(NCc1csc(C2CC2)n1)NC[C@H]1CCN(C2CC2)C1. The van der Waals surface area contributed by atoms with Gasteiger partial charge in [-0.05, 0) is 44.6 Å². The van der Waals surface area contributed by atoms with Crippen molar-refractivity contribution in [2.45, 2.75) is 50.6 Å². The summed E-state index contributed by atoms with van der Waals surface area (Å²) < 4.78 is 0. The van der Waals surface area contributed by atoms with E-state index in [-0.39, 0.29) is 6.03 Å². The van der Waals surface area contributed by atoms with Gasteiger partial charge in [-0.25, -0.2) is 9.78 Å². The number of hydrogen-bond donors (Lipinski definition) is 2. The van der Waals surface area contributed by atoms with E-state index >= 15 is 0 Å². The molecule has 2 heterocycles. The van der Waals surface area contributed by atoms with Crippen molar-refractivity contribution in [2.24, 2.45) is 5.92 Å². The molecule has 4 rings (SSSR count). The van der Waals surface area contributed by atoms with Crippen LogP contribution in [0.2, 0.25) is 0 Å². The minimum atomic E-state index is -0.0640. The third-order valence-electron chi connectivity index (χ3n) is 4.86. The summed E-state index contributed by atoms with van der Waals surface area (Å²) in [5.41, 5.74) is 0.989. The van der Waals surface area contributed by atoms with Crippen molar-refractivity contribution >= 4 is 17.4 Å². The van der Waals surface area contributed by atoms with Gasteiger partial charge in [-0.3, -0.25) is 0 Å². The fraction of sp³-hybridized carbons (Fsp3) is 0.750. The molecule has 120 valence electrons. The van der Waals surface area contributed by atoms with Gasteiger partial charge in [0.15, 0.2) is 0 Å². The lowest BCUT2D eigenvalue weighted by Gasteiger charge is -2.15. The first kappa shape index (κ1) is 14.5. The van der Waals surface area contributed by atoms with Gasteiger partial charge in [0.1, 0.15) is 0 Å². The predicted octanol–water partition coefficient (Wildman–Crippen LogP) is 2.30. The minimum absolute atomic E-state index is 0.0640. The van der Waals surface area contributed by atoms with E-state index in [2.05, 4.69) is 25.9 Å². The van der Waals surface area contributed by atoms with Crippen LogP contribution < -0.4 is 10.6 Å². The molecule has 0 unspecified atom stereocenters. The third kappa shape index (κ3) is 3.60. The minimum Gasteiger partial charge on any atom is -0.338 e. The molecule has 2 aliphatic carbocycles. The van der Waals surface area contributed by atoms with Gasteiger partial charge < -0.3 is 15.5 Å². The predicted molar refractivity (Wildman–Crippen MR) is 87.0 cm³/mol. The Hall–Kier alpha value is -1.14. The summed E-state index contributed by atoms with van der Waals surface area (Å²) in [6.07, 6.45) is 6.52. The summed E-state index contributed by atoms with van der Waals surface area (Å²) >= 11 is 1.73. The molecule has 0 radical (unpaired) electrons. The number of nitrogens with one attached hydrogen (secondary N) is 2. The van der Waals surface area contributed by atoms with Crippen LogP contribution in [0.3, 0.4) is 0 Å². The van der Waals surface area contributed by atoms with Crippen LogP contribution in [0.4, 0.5) is 4.79 Å². The highest BCUT2D eigenvalue weighted by Gasteiger charge is 2.34. The molecule has 0 spiro atoms. The number of aromatic nitrogens is 1. The van der Waals surface area contributed by atoms with Crippen molar-refractivity contribution in [3.05, 3.63) is 16.1 Å². The average molecular weight is 320 g/mol. The van der Waals surface area contributed by atoms with Crippen LogP contribution in [0, 0.1) is 5.92 Å². The molecule has 1 aromatic heterocycles. The summed E-state index contributed by atoms with van der Waals surface area (Å²) in [6, 6.07) is 0.787. The number of rotatable bonds is 6. The van der Waals surface area contributed by atoms with Crippen LogP contribution in [0.25, 0.3) is 0 Å². The number of nitrogens with zero attached hydrogens (tertiary/aromatic N) is 2. The van der Waals surface area contributed by atoms with Crippen molar-refractivity contribution in [2.75, 3.05) is 19.6 Å². The largest absolute Gasteiger partial charge is 0.338 e. The lowest BCUT2D eigenvalue weighted by atomic mass is 10.1. The second-order valence-electron chi connectivity index (χ2n) is 6.90. The molecule has 2 N–H and O–H groups in total. The van der Waals surface area contributed by atoms with E-state index in [1.165, 1.54) is 43.7 Å². The first-order valence-corrected chi connectivity index (χ1v) is 9.36. The van der Waals surface area contributed by atoms with E-state index in [1.807, 2.05) is 0 Å². The molecule has 2 saturated carbocycles. The number of likely N-dealkylation sites (tertiary alicyclic amines) is 1. The lowest BCUT2D eigenvalue weighted by molar-refractivity contribution is 0.238. The monoisotopic (exact) mass is 320 g/mol. The second-order valence-corrected chi connectivity index (χ2v) is 7.79. The Labute approximate surface area is 135 Å². The van der Waals surface area contributed by atoms with E-state index in [0.717, 1.165) is 24.8 Å². The molecule has 0 bridgehead atoms. The highest BCUT2D eigenvalue weighted by Crippen LogP contribution is 2.41. The van der Waals surface area contributed by atoms with Crippen molar-refractivity contribution < 1.29 is 4.79 Å². The topological polar surface area (TPSA) is 57.3 Å². The van der Waals surface area contributed by atoms with Gasteiger partial charge in [0.2, 0.25) is 0 Å². The molecule has 5 nitrogen and oxygen atoms in total. The van der Waals surface area contributed by atoms with Crippen LogP contribution in [0.5, 0.6) is 0 Å². The van der Waals surface area contributed by atoms with Crippen molar-refractivity contribution in [3.8, 4) is 0 Å². The summed E-state index contributed by atoms with van der Waals surface area (Å²) in [5.74, 6) is 1.32. The van der Waals surface area contributed by atoms with E-state index in [9.17, 15) is 4.79 Å². The number of hydrogen-bond acceptors (Lipinski definition) is 4. The van der Waals surface area contributed by atoms with Crippen LogP contribution >= 0.6 is 11.3 Å². The van der Waals surface area contributed by atoms with E-state index in [1.54, 1.807) is 11.3 Å². The third-order valence-corrected chi connectivity index (χ3v) is 5.91. The van der Waals surface area contributed by atoms with Gasteiger partial charge in [-0.1, -0.05) is 0 Å². The Morgan fingerprint density at radius 2 is 2.14 bits per heavy atom. The first-order chi connectivity index (χ1) is 10.8. The normalized spacial score (nSPS) is 25.4. The molecular weight excluding hydrogens is 296 g/mol. The molecule has 6 heteroatoms. The molecule has 3 fully saturated rings. The number of carbonyl (C=O) groups excluding carboxylic acids is 1. The van der Waals surface area contributed by atoms with Gasteiger partial charge in [0.25, 0.3) is 0 Å². The summed E-state index contributed by atoms with van der Waals surface area (Å²) in [7, 11) is 0. The average Bonchev–Trinajstić information content (AvgIpc) is 3.46. The first-order valence-electron chi connectivity index (χ1n) is 8.48. The maximum absolute atomic E-state index is 11.9. The van der Waals surface area contributed by atoms with Crippen molar-refractivity contribution in [3.63, 3.8) is 0 Å². The smallest absolute Gasteiger partial charge is 0.315 e. The second kappa shape index (κ2) is 6.16. The number of urea groups is 1. The molecule has 2 amide bonds. The molecule has 3 aliphatic rings. The maximum Gasteiger partial charge on any atom is 0.315 e. The maximum atomic E-state index is 11.9. The fourth-order valence-corrected chi connectivity index (χ4v) is 4.18. The number of carbonyl (C=O) groups is 1. The molecular formula is C16H24N4OS. The standard InChI is InChI=1S/C16H24N4OS/c21-16(17-7-11-5-6-20(9-11)14-3-4-14)18-8-13-10-22-15(19-13)12-1-2-12/h10-12,14H,1-9H2,(H2,17,18,21)/t11-/m1/s1. The molecule has 1 aliphatic heterocycles. The fourth-order valence-electron chi connectivity index (χ4n) is 3.19. The zero-order chi connectivity index (χ0) is 14.9. The van der Waals surface area contributed by atoms with Crippen LogP contribution in [-0.4, -0.2) is 41.6 Å². The zero-order valence-corrected chi connectivity index (χ0v) is 13.7. The molecule has 22 heavy (non-hydrogen) atoms. The number of amides is 2. The molecule has 1 atom stereocenters. The van der Waals surface area contributed by atoms with Crippen LogP contribution in [0.15, 0.2) is 5.38 Å². The highest BCUT2D eigenvalue weighted by molar-refractivity contribution is 7.09. The Balaban J connectivity index is 1.15. The lowest BCUT2D eigenvalue weighted by Crippen LogP contribution is -2.38. The Morgan fingerprint density at radius 1 is 1.27 bits per heavy atom. The summed E-state index contributed by atoms with van der Waals surface area (Å²) in [6.45, 7) is 3.69. The Bertz CT molecular complexity index is 538. The van der Waals surface area contributed by atoms with E-state index in [0.29, 0.717) is 18.4 Å². The van der Waals surface area contributed by atoms with Crippen LogP contribution in [-0.2, 0) is 6.54 Å². The van der Waals surface area contributed by atoms with Crippen LogP contribution in [0.1, 0.15) is 48.7 Å². The molecule has 0 aromatic carbocycles. The molecule has 1 aromatic rings. The van der Waals surface area contributed by atoms with Gasteiger partial charge in [0.05, 0.1) is 17.2 Å². The number of thiazole rings is 1. The van der Waals surface area contributed by atoms with Crippen molar-refractivity contribution in [1.82, 2.24) is 20.5 Å². The zero-order valence-electron chi connectivity index (χ0n) is 12.9. The summed E-state index contributed by atoms with van der Waals surface area (Å²) in [5, 5.41) is 9.25.